The molecule has 2 rings (SSSR count). The minimum Gasteiger partial charge on any atom is -0.197 e. The van der Waals surface area contributed by atoms with Gasteiger partial charge in [-0.3, -0.25) is 0 Å². The second kappa shape index (κ2) is 5.14. The minimum atomic E-state index is -3.27. The molecule has 0 atom stereocenters. The summed E-state index contributed by atoms with van der Waals surface area (Å²) in [5.74, 6) is 0. The molecule has 0 unspecified atom stereocenters. The Hall–Kier alpha value is 0.0500. The molecule has 1 aliphatic heterocycles. The van der Waals surface area contributed by atoms with Crippen LogP contribution in [0, 0.1) is 0 Å². The number of hydrogen-bond acceptors (Lipinski definition) is 3. The lowest BCUT2D eigenvalue weighted by Crippen LogP contribution is -2.38. The van der Waals surface area contributed by atoms with Gasteiger partial charge in [-0.1, -0.05) is 0 Å². The molecule has 0 aromatic carbocycles. The Morgan fingerprint density at radius 2 is 2.06 bits per heavy atom. The van der Waals surface area contributed by atoms with E-state index in [1.54, 1.807) is 11.3 Å². The van der Waals surface area contributed by atoms with Crippen molar-refractivity contribution >= 4 is 37.5 Å². The third kappa shape index (κ3) is 3.04. The summed E-state index contributed by atoms with van der Waals surface area (Å²) >= 11 is 4.89. The highest BCUT2D eigenvalue weighted by molar-refractivity contribution is 9.11. The number of nitrogens with one attached hydrogen (secondary N) is 1. The summed E-state index contributed by atoms with van der Waals surface area (Å²) in [5, 5.41) is 0. The van der Waals surface area contributed by atoms with Gasteiger partial charge in [-0.15, -0.1) is 11.3 Å². The van der Waals surface area contributed by atoms with Gasteiger partial charge in [0.25, 0.3) is 10.2 Å². The topological polar surface area (TPSA) is 49.4 Å². The average Bonchev–Trinajstić information content (AvgIpc) is 2.85. The van der Waals surface area contributed by atoms with Gasteiger partial charge in [0.15, 0.2) is 0 Å². The Balaban J connectivity index is 1.94. The molecule has 2 heterocycles. The molecule has 1 fully saturated rings. The van der Waals surface area contributed by atoms with E-state index in [0.29, 0.717) is 19.6 Å². The molecule has 7 heteroatoms. The molecule has 1 saturated heterocycles. The van der Waals surface area contributed by atoms with Crippen molar-refractivity contribution in [3.05, 3.63) is 20.8 Å². The molecule has 16 heavy (non-hydrogen) atoms. The van der Waals surface area contributed by atoms with Crippen LogP contribution in [-0.2, 0) is 16.8 Å². The van der Waals surface area contributed by atoms with Crippen molar-refractivity contribution in [3.8, 4) is 0 Å². The third-order valence-corrected chi connectivity index (χ3v) is 5.64. The first kappa shape index (κ1) is 12.5. The molecule has 90 valence electrons. The molecule has 4 nitrogen and oxygen atoms in total. The van der Waals surface area contributed by atoms with Gasteiger partial charge in [-0.2, -0.15) is 17.4 Å². The van der Waals surface area contributed by atoms with Gasteiger partial charge in [0.05, 0.1) is 3.79 Å². The number of nitrogens with zero attached hydrogens (tertiary/aromatic N) is 1. The van der Waals surface area contributed by atoms with Crippen LogP contribution in [0.4, 0.5) is 0 Å². The second-order valence-electron chi connectivity index (χ2n) is 3.64. The standard InChI is InChI=1S/C9H13BrN2O2S2/c10-9-4-3-8(15-9)7-11-16(13,14)12-5-1-2-6-12/h3-4,11H,1-2,5-7H2. The first-order valence-electron chi connectivity index (χ1n) is 5.07. The zero-order chi connectivity index (χ0) is 11.6. The van der Waals surface area contributed by atoms with Crippen LogP contribution in [-0.4, -0.2) is 25.8 Å². The van der Waals surface area contributed by atoms with Crippen molar-refractivity contribution in [2.24, 2.45) is 0 Å². The first-order valence-corrected chi connectivity index (χ1v) is 8.12. The van der Waals surface area contributed by atoms with E-state index in [4.69, 9.17) is 0 Å². The largest absolute Gasteiger partial charge is 0.279 e. The summed E-state index contributed by atoms with van der Waals surface area (Å²) in [6, 6.07) is 3.84. The smallest absolute Gasteiger partial charge is 0.197 e. The fraction of sp³-hybridized carbons (Fsp3) is 0.556. The lowest BCUT2D eigenvalue weighted by Gasteiger charge is -2.15. The van der Waals surface area contributed by atoms with Crippen LogP contribution in [0.1, 0.15) is 17.7 Å². The van der Waals surface area contributed by atoms with Gasteiger partial charge in [-0.05, 0) is 40.9 Å². The van der Waals surface area contributed by atoms with Gasteiger partial charge in [-0.25, -0.2) is 0 Å². The van der Waals surface area contributed by atoms with Crippen molar-refractivity contribution in [2.75, 3.05) is 13.1 Å². The van der Waals surface area contributed by atoms with E-state index in [2.05, 4.69) is 20.7 Å². The highest BCUT2D eigenvalue weighted by atomic mass is 79.9. The van der Waals surface area contributed by atoms with Crippen molar-refractivity contribution < 1.29 is 8.42 Å². The Morgan fingerprint density at radius 3 is 2.62 bits per heavy atom. The first-order chi connectivity index (χ1) is 7.58. The van der Waals surface area contributed by atoms with E-state index in [-0.39, 0.29) is 0 Å². The summed E-state index contributed by atoms with van der Waals surface area (Å²) in [7, 11) is -3.27. The monoisotopic (exact) mass is 324 g/mol. The van der Waals surface area contributed by atoms with Crippen LogP contribution in [0.5, 0.6) is 0 Å². The van der Waals surface area contributed by atoms with Gasteiger partial charge >= 0.3 is 0 Å². The molecular formula is C9H13BrN2O2S2. The normalized spacial score (nSPS) is 18.1. The zero-order valence-electron chi connectivity index (χ0n) is 8.65. The maximum Gasteiger partial charge on any atom is 0.279 e. The molecule has 1 aromatic rings. The van der Waals surface area contributed by atoms with Crippen molar-refractivity contribution in [1.82, 2.24) is 9.03 Å². The Bertz CT molecular complexity index is 452. The fourth-order valence-electron chi connectivity index (χ4n) is 1.63. The summed E-state index contributed by atoms with van der Waals surface area (Å²) in [5.41, 5.74) is 0. The molecule has 0 aliphatic carbocycles. The Morgan fingerprint density at radius 1 is 1.38 bits per heavy atom. The molecule has 1 aliphatic rings. The van der Waals surface area contributed by atoms with Gasteiger partial charge < -0.3 is 0 Å². The summed E-state index contributed by atoms with van der Waals surface area (Å²) in [4.78, 5) is 1.01. The van der Waals surface area contributed by atoms with Crippen molar-refractivity contribution in [2.45, 2.75) is 19.4 Å². The highest BCUT2D eigenvalue weighted by Crippen LogP contribution is 2.22. The minimum absolute atomic E-state index is 0.370. The third-order valence-electron chi connectivity index (χ3n) is 2.46. The van der Waals surface area contributed by atoms with E-state index >= 15 is 0 Å². The predicted octanol–water partition coefficient (Wildman–Crippen LogP) is 1.94. The second-order valence-corrected chi connectivity index (χ2v) is 7.94. The van der Waals surface area contributed by atoms with Crippen molar-refractivity contribution in [3.63, 3.8) is 0 Å². The van der Waals surface area contributed by atoms with Crippen LogP contribution in [0.25, 0.3) is 0 Å². The van der Waals surface area contributed by atoms with E-state index in [1.807, 2.05) is 12.1 Å². The van der Waals surface area contributed by atoms with Crippen LogP contribution in [0.2, 0.25) is 0 Å². The summed E-state index contributed by atoms with van der Waals surface area (Å²) in [6.07, 6.45) is 1.93. The molecule has 0 spiro atoms. The van der Waals surface area contributed by atoms with Crippen LogP contribution in [0.3, 0.4) is 0 Å². The van der Waals surface area contributed by atoms with E-state index < -0.39 is 10.2 Å². The Kier molecular flexibility index (Phi) is 4.01. The molecular weight excluding hydrogens is 312 g/mol. The number of hydrogen-bond donors (Lipinski definition) is 1. The van der Waals surface area contributed by atoms with Crippen LogP contribution >= 0.6 is 27.3 Å². The summed E-state index contributed by atoms with van der Waals surface area (Å²) < 4.78 is 28.8. The fourth-order valence-corrected chi connectivity index (χ4v) is 4.40. The Labute approximate surface area is 108 Å². The quantitative estimate of drug-likeness (QED) is 0.920. The number of rotatable bonds is 4. The lowest BCUT2D eigenvalue weighted by atomic mass is 10.4. The molecule has 0 amide bonds. The molecule has 1 N–H and O–H groups in total. The molecule has 0 radical (unpaired) electrons. The zero-order valence-corrected chi connectivity index (χ0v) is 11.9. The van der Waals surface area contributed by atoms with E-state index in [0.717, 1.165) is 21.5 Å². The SMILES string of the molecule is O=S(=O)(NCc1ccc(Br)s1)N1CCCC1. The number of halogens is 1. The molecule has 1 aromatic heterocycles. The van der Waals surface area contributed by atoms with Crippen LogP contribution < -0.4 is 4.72 Å². The maximum absolute atomic E-state index is 11.8. The van der Waals surface area contributed by atoms with Gasteiger partial charge in [0.2, 0.25) is 0 Å². The van der Waals surface area contributed by atoms with E-state index in [9.17, 15) is 8.42 Å². The van der Waals surface area contributed by atoms with Gasteiger partial charge in [0.1, 0.15) is 0 Å². The lowest BCUT2D eigenvalue weighted by molar-refractivity contribution is 0.465. The maximum atomic E-state index is 11.8. The van der Waals surface area contributed by atoms with Crippen molar-refractivity contribution in [1.29, 1.82) is 0 Å². The van der Waals surface area contributed by atoms with Gasteiger partial charge in [0, 0.05) is 24.5 Å². The molecule has 0 bridgehead atoms. The van der Waals surface area contributed by atoms with Crippen LogP contribution in [0.15, 0.2) is 15.9 Å². The summed E-state index contributed by atoms with van der Waals surface area (Å²) in [6.45, 7) is 1.65. The number of thiophene rings is 1. The average molecular weight is 325 g/mol. The highest BCUT2D eigenvalue weighted by Gasteiger charge is 2.24. The molecule has 0 saturated carbocycles. The van der Waals surface area contributed by atoms with E-state index in [1.165, 1.54) is 4.31 Å². The predicted molar refractivity (Wildman–Crippen MR) is 68.6 cm³/mol.